The minimum Gasteiger partial charge on any atom is -0.383 e. The van der Waals surface area contributed by atoms with E-state index in [0.29, 0.717) is 6.61 Å². The van der Waals surface area contributed by atoms with Gasteiger partial charge >= 0.3 is 0 Å². The Bertz CT molecular complexity index is 509. The third-order valence-electron chi connectivity index (χ3n) is 3.08. The number of rotatable bonds is 6. The number of fused-ring (bicyclic) bond motifs is 1. The van der Waals surface area contributed by atoms with Crippen molar-refractivity contribution in [3.63, 3.8) is 0 Å². The van der Waals surface area contributed by atoms with Gasteiger partial charge in [-0.3, -0.25) is 16.0 Å². The van der Waals surface area contributed by atoms with Crippen molar-refractivity contribution in [1.29, 1.82) is 0 Å². The van der Waals surface area contributed by atoms with Gasteiger partial charge in [0.15, 0.2) is 0 Å². The van der Waals surface area contributed by atoms with Crippen LogP contribution in [0.5, 0.6) is 0 Å². The van der Waals surface area contributed by atoms with Crippen LogP contribution in [-0.4, -0.2) is 29.5 Å². The van der Waals surface area contributed by atoms with Gasteiger partial charge in [-0.2, -0.15) is 5.10 Å². The third kappa shape index (κ3) is 2.53. The maximum absolute atomic E-state index is 5.53. The Morgan fingerprint density at radius 2 is 2.22 bits per heavy atom. The van der Waals surface area contributed by atoms with Crippen LogP contribution in [0.25, 0.3) is 10.9 Å². The van der Waals surface area contributed by atoms with Gasteiger partial charge in [0.25, 0.3) is 0 Å². The minimum absolute atomic E-state index is 0.0820. The number of nitrogens with one attached hydrogen (secondary N) is 1. The largest absolute Gasteiger partial charge is 0.383 e. The predicted octanol–water partition coefficient (Wildman–Crippen LogP) is 1.08. The normalized spacial score (nSPS) is 13.1. The van der Waals surface area contributed by atoms with Crippen LogP contribution in [0.3, 0.4) is 0 Å². The van der Waals surface area contributed by atoms with Crippen molar-refractivity contribution in [2.75, 3.05) is 13.7 Å². The fourth-order valence-corrected chi connectivity index (χ4v) is 2.19. The van der Waals surface area contributed by atoms with Gasteiger partial charge in [-0.25, -0.2) is 0 Å². The number of hydrogen-bond acceptors (Lipinski definition) is 4. The average Bonchev–Trinajstić information content (AvgIpc) is 2.76. The number of aromatic nitrogens is 2. The van der Waals surface area contributed by atoms with Crippen LogP contribution in [0, 0.1) is 0 Å². The fourth-order valence-electron chi connectivity index (χ4n) is 2.19. The first kappa shape index (κ1) is 13.0. The van der Waals surface area contributed by atoms with E-state index in [1.807, 2.05) is 16.8 Å². The lowest BCUT2D eigenvalue weighted by atomic mass is 10.1. The molecule has 2 aromatic rings. The van der Waals surface area contributed by atoms with Crippen molar-refractivity contribution < 1.29 is 4.74 Å². The zero-order valence-electron chi connectivity index (χ0n) is 10.9. The highest BCUT2D eigenvalue weighted by Crippen LogP contribution is 2.19. The highest BCUT2D eigenvalue weighted by Gasteiger charge is 2.14. The maximum atomic E-state index is 5.53. The van der Waals surface area contributed by atoms with Gasteiger partial charge in [0, 0.05) is 25.5 Å². The number of para-hydroxylation sites is 1. The molecule has 1 aromatic heterocycles. The van der Waals surface area contributed by atoms with E-state index in [4.69, 9.17) is 10.6 Å². The van der Waals surface area contributed by atoms with Crippen LogP contribution in [0.15, 0.2) is 24.3 Å². The molecule has 0 amide bonds. The molecule has 1 unspecified atom stereocenters. The number of hydrogen-bond donors (Lipinski definition) is 2. The van der Waals surface area contributed by atoms with Crippen LogP contribution < -0.4 is 11.3 Å². The van der Waals surface area contributed by atoms with Gasteiger partial charge in [-0.15, -0.1) is 0 Å². The number of nitrogens with two attached hydrogens (primary N) is 1. The lowest BCUT2D eigenvalue weighted by Gasteiger charge is -2.13. The lowest BCUT2D eigenvalue weighted by molar-refractivity contribution is 0.166. The van der Waals surface area contributed by atoms with Gasteiger partial charge < -0.3 is 4.74 Å². The summed E-state index contributed by atoms with van der Waals surface area (Å²) in [6.45, 7) is 3.53. The van der Waals surface area contributed by atoms with Gasteiger partial charge in [-0.05, 0) is 13.0 Å². The standard InChI is InChI=1S/C13H20N4O/c1-3-17-13-7-5-4-6-11(13)12(16-17)8-10(15-14)9-18-2/h4-7,10,15H,3,8-9,14H2,1-2H3. The molecule has 0 radical (unpaired) electrons. The van der Waals surface area contributed by atoms with Crippen LogP contribution in [0.4, 0.5) is 0 Å². The van der Waals surface area contributed by atoms with Gasteiger partial charge in [0.05, 0.1) is 23.9 Å². The summed E-state index contributed by atoms with van der Waals surface area (Å²) in [5.74, 6) is 5.53. The number of ether oxygens (including phenoxy) is 1. The van der Waals surface area contributed by atoms with Gasteiger partial charge in [-0.1, -0.05) is 18.2 Å². The Hall–Kier alpha value is -1.43. The summed E-state index contributed by atoms with van der Waals surface area (Å²) in [5.41, 5.74) is 5.00. The first-order valence-corrected chi connectivity index (χ1v) is 6.19. The third-order valence-corrected chi connectivity index (χ3v) is 3.08. The van der Waals surface area contributed by atoms with Gasteiger partial charge in [0.1, 0.15) is 0 Å². The monoisotopic (exact) mass is 248 g/mol. The minimum atomic E-state index is 0.0820. The molecule has 0 aliphatic heterocycles. The first-order chi connectivity index (χ1) is 8.80. The van der Waals surface area contributed by atoms with E-state index in [1.54, 1.807) is 7.11 Å². The lowest BCUT2D eigenvalue weighted by Crippen LogP contribution is -2.40. The highest BCUT2D eigenvalue weighted by atomic mass is 16.5. The Balaban J connectivity index is 2.32. The summed E-state index contributed by atoms with van der Waals surface area (Å²) in [5, 5.41) is 5.83. The van der Waals surface area contributed by atoms with Gasteiger partial charge in [0.2, 0.25) is 0 Å². The maximum Gasteiger partial charge on any atom is 0.0720 e. The molecule has 2 rings (SSSR count). The Kier molecular flexibility index (Phi) is 4.30. The number of aryl methyl sites for hydroxylation is 1. The molecule has 5 heteroatoms. The molecular weight excluding hydrogens is 228 g/mol. The summed E-state index contributed by atoms with van der Waals surface area (Å²) in [6.07, 6.45) is 0.762. The number of methoxy groups -OCH3 is 1. The van der Waals surface area contributed by atoms with Crippen LogP contribution in [0.1, 0.15) is 12.6 Å². The molecule has 0 spiro atoms. The summed E-state index contributed by atoms with van der Waals surface area (Å²) >= 11 is 0. The molecule has 0 saturated heterocycles. The topological polar surface area (TPSA) is 65.1 Å². The molecule has 0 aliphatic carbocycles. The average molecular weight is 248 g/mol. The molecule has 1 aromatic carbocycles. The molecule has 1 heterocycles. The van der Waals surface area contributed by atoms with Crippen molar-refractivity contribution in [3.8, 4) is 0 Å². The second-order valence-corrected chi connectivity index (χ2v) is 4.30. The second-order valence-electron chi connectivity index (χ2n) is 4.30. The van der Waals surface area contributed by atoms with E-state index in [0.717, 1.165) is 18.7 Å². The van der Waals surface area contributed by atoms with Crippen molar-refractivity contribution in [3.05, 3.63) is 30.0 Å². The molecule has 98 valence electrons. The zero-order valence-corrected chi connectivity index (χ0v) is 10.9. The molecule has 0 fully saturated rings. The summed E-state index contributed by atoms with van der Waals surface area (Å²) in [4.78, 5) is 0. The highest BCUT2D eigenvalue weighted by molar-refractivity contribution is 5.82. The molecule has 1 atom stereocenters. The zero-order chi connectivity index (χ0) is 13.0. The molecule has 18 heavy (non-hydrogen) atoms. The van der Waals surface area contributed by atoms with E-state index in [9.17, 15) is 0 Å². The van der Waals surface area contributed by atoms with Crippen molar-refractivity contribution in [2.24, 2.45) is 5.84 Å². The van der Waals surface area contributed by atoms with Crippen molar-refractivity contribution in [2.45, 2.75) is 25.9 Å². The molecule has 0 bridgehead atoms. The van der Waals surface area contributed by atoms with E-state index >= 15 is 0 Å². The Morgan fingerprint density at radius 3 is 2.89 bits per heavy atom. The predicted molar refractivity (Wildman–Crippen MR) is 72.1 cm³/mol. The van der Waals surface area contributed by atoms with Crippen LogP contribution in [0.2, 0.25) is 0 Å². The van der Waals surface area contributed by atoms with Crippen molar-refractivity contribution in [1.82, 2.24) is 15.2 Å². The smallest absolute Gasteiger partial charge is 0.0720 e. The summed E-state index contributed by atoms with van der Waals surface area (Å²) < 4.78 is 7.15. The number of benzene rings is 1. The van der Waals surface area contributed by atoms with Crippen LogP contribution >= 0.6 is 0 Å². The Morgan fingerprint density at radius 1 is 1.44 bits per heavy atom. The Labute approximate surface area is 107 Å². The number of nitrogens with zero attached hydrogens (tertiary/aromatic N) is 2. The van der Waals surface area contributed by atoms with E-state index in [2.05, 4.69) is 29.6 Å². The summed E-state index contributed by atoms with van der Waals surface area (Å²) in [7, 11) is 1.67. The molecule has 3 N–H and O–H groups in total. The van der Waals surface area contributed by atoms with E-state index in [1.165, 1.54) is 10.9 Å². The quantitative estimate of drug-likeness (QED) is 0.593. The summed E-state index contributed by atoms with van der Waals surface area (Å²) in [6, 6.07) is 8.35. The molecular formula is C13H20N4O. The van der Waals surface area contributed by atoms with Crippen LogP contribution in [-0.2, 0) is 17.7 Å². The van der Waals surface area contributed by atoms with E-state index in [-0.39, 0.29) is 6.04 Å². The molecule has 5 nitrogen and oxygen atoms in total. The SMILES string of the molecule is CCn1nc(CC(COC)NN)c2ccccc21. The molecule has 0 saturated carbocycles. The fraction of sp³-hybridized carbons (Fsp3) is 0.462. The first-order valence-electron chi connectivity index (χ1n) is 6.19. The number of hydrazine groups is 1. The second kappa shape index (κ2) is 5.95. The van der Waals surface area contributed by atoms with Crippen molar-refractivity contribution >= 4 is 10.9 Å². The van der Waals surface area contributed by atoms with E-state index < -0.39 is 0 Å². The molecule has 0 aliphatic rings.